The number of nitrogens with zero attached hydrogens (tertiary/aromatic N) is 1. The van der Waals surface area contributed by atoms with Crippen molar-refractivity contribution >= 4 is 11.9 Å². The topological polar surface area (TPSA) is 93.0 Å². The van der Waals surface area contributed by atoms with Gasteiger partial charge in [0.25, 0.3) is 0 Å². The summed E-state index contributed by atoms with van der Waals surface area (Å²) in [6, 6.07) is 5.05. The summed E-state index contributed by atoms with van der Waals surface area (Å²) in [6.07, 6.45) is 0.134. The largest absolute Gasteiger partial charge is 1.00 e. The Kier molecular flexibility index (Phi) is 6.87. The summed E-state index contributed by atoms with van der Waals surface area (Å²) < 4.78 is 0. The van der Waals surface area contributed by atoms with E-state index in [1.165, 1.54) is 19.1 Å². The molecular formula is C11H12NNaO4. The number of rotatable bonds is 4. The molecule has 0 fully saturated rings. The first-order valence-corrected chi connectivity index (χ1v) is 4.71. The van der Waals surface area contributed by atoms with Crippen LogP contribution in [0.4, 0.5) is 0 Å². The first-order chi connectivity index (χ1) is 7.49. The summed E-state index contributed by atoms with van der Waals surface area (Å²) in [5.41, 5.74) is 0.704. The predicted octanol–water partition coefficient (Wildman–Crippen LogP) is -2.83. The zero-order chi connectivity index (χ0) is 12.1. The monoisotopic (exact) mass is 245 g/mol. The number of aliphatic carboxylic acids is 1. The first-order valence-electron chi connectivity index (χ1n) is 4.71. The van der Waals surface area contributed by atoms with Crippen molar-refractivity contribution in [1.82, 2.24) is 0 Å². The molecular weight excluding hydrogens is 233 g/mol. The van der Waals surface area contributed by atoms with Gasteiger partial charge in [-0.05, 0) is 30.5 Å². The molecule has 1 atom stereocenters. The Morgan fingerprint density at radius 1 is 1.41 bits per heavy atom. The molecule has 5 nitrogen and oxygen atoms in total. The van der Waals surface area contributed by atoms with Crippen molar-refractivity contribution in [2.24, 2.45) is 4.99 Å². The van der Waals surface area contributed by atoms with Crippen molar-refractivity contribution in [3.8, 4) is 5.75 Å². The van der Waals surface area contributed by atoms with Gasteiger partial charge < -0.3 is 15.3 Å². The van der Waals surface area contributed by atoms with Crippen LogP contribution in [0.3, 0.4) is 0 Å². The number of aromatic hydroxyl groups is 1. The number of hydrogen-bond acceptors (Lipinski definition) is 4. The number of phenolic OH excluding ortho intramolecular Hbond substituents is 1. The molecule has 6 heteroatoms. The maximum atomic E-state index is 10.8. The van der Waals surface area contributed by atoms with Gasteiger partial charge in [-0.3, -0.25) is 4.99 Å². The minimum atomic E-state index is -1.14. The van der Waals surface area contributed by atoms with Crippen LogP contribution in [0.1, 0.15) is 12.5 Å². The van der Waals surface area contributed by atoms with Crippen molar-refractivity contribution in [2.45, 2.75) is 19.4 Å². The van der Waals surface area contributed by atoms with E-state index in [1.54, 1.807) is 12.1 Å². The van der Waals surface area contributed by atoms with E-state index < -0.39 is 17.9 Å². The summed E-state index contributed by atoms with van der Waals surface area (Å²) in [7, 11) is 0. The fourth-order valence-corrected chi connectivity index (χ4v) is 1.26. The smallest absolute Gasteiger partial charge is 0.862 e. The Bertz CT molecular complexity index is 398. The average Bonchev–Trinajstić information content (AvgIpc) is 2.19. The van der Waals surface area contributed by atoms with Gasteiger partial charge in [-0.15, -0.1) is 0 Å². The standard InChI is InChI=1S/C11H13NO4.Na/c1-7(13)12-10(11(15)16)6-8-2-4-9(14)5-3-8;/h2-5,10,14H,6H2,1H3,(H,12,13)(H,15,16);/q;+1/p-1. The number of carboxylic acid groups (broad SMARTS) is 1. The summed E-state index contributed by atoms with van der Waals surface area (Å²) in [5.74, 6) is -1.53. The van der Waals surface area contributed by atoms with Gasteiger partial charge in [0, 0.05) is 6.42 Å². The maximum Gasteiger partial charge on any atom is 1.00 e. The Morgan fingerprint density at radius 2 is 1.94 bits per heavy atom. The Hall–Kier alpha value is -1.04. The van der Waals surface area contributed by atoms with E-state index in [9.17, 15) is 9.90 Å². The van der Waals surface area contributed by atoms with Crippen LogP contribution in [0.15, 0.2) is 29.3 Å². The van der Waals surface area contributed by atoms with Crippen molar-refractivity contribution in [2.75, 3.05) is 0 Å². The quantitative estimate of drug-likeness (QED) is 0.340. The van der Waals surface area contributed by atoms with Crippen LogP contribution in [0, 0.1) is 0 Å². The van der Waals surface area contributed by atoms with Crippen LogP contribution >= 0.6 is 0 Å². The molecule has 0 amide bonds. The number of hydrogen-bond donors (Lipinski definition) is 2. The molecule has 0 heterocycles. The minimum absolute atomic E-state index is 0. The third kappa shape index (κ3) is 5.72. The molecule has 0 spiro atoms. The minimum Gasteiger partial charge on any atom is -0.862 e. The Morgan fingerprint density at radius 3 is 2.35 bits per heavy atom. The molecule has 1 aromatic carbocycles. The zero-order valence-corrected chi connectivity index (χ0v) is 11.8. The fraction of sp³-hybridized carbons (Fsp3) is 0.273. The third-order valence-electron chi connectivity index (χ3n) is 1.99. The average molecular weight is 245 g/mol. The summed E-state index contributed by atoms with van der Waals surface area (Å²) in [6.45, 7) is 1.22. The Labute approximate surface area is 121 Å². The van der Waals surface area contributed by atoms with E-state index in [0.717, 1.165) is 0 Å². The van der Waals surface area contributed by atoms with E-state index in [4.69, 9.17) is 10.2 Å². The van der Waals surface area contributed by atoms with Gasteiger partial charge in [0.15, 0.2) is 0 Å². The van der Waals surface area contributed by atoms with Gasteiger partial charge in [0.05, 0.1) is 0 Å². The van der Waals surface area contributed by atoms with E-state index in [1.807, 2.05) is 0 Å². The molecule has 0 radical (unpaired) electrons. The van der Waals surface area contributed by atoms with E-state index in [2.05, 4.69) is 4.99 Å². The van der Waals surface area contributed by atoms with E-state index in [0.29, 0.717) is 5.56 Å². The maximum absolute atomic E-state index is 10.8. The van der Waals surface area contributed by atoms with E-state index in [-0.39, 0.29) is 41.7 Å². The summed E-state index contributed by atoms with van der Waals surface area (Å²) in [4.78, 5) is 14.3. The predicted molar refractivity (Wildman–Crippen MR) is 56.3 cm³/mol. The van der Waals surface area contributed by atoms with Gasteiger partial charge in [-0.2, -0.15) is 0 Å². The molecule has 0 aliphatic carbocycles. The summed E-state index contributed by atoms with van der Waals surface area (Å²) in [5, 5.41) is 28.6. The van der Waals surface area contributed by atoms with Gasteiger partial charge in [0.1, 0.15) is 11.8 Å². The SMILES string of the molecule is CC([O-])=NC(Cc1ccc(O)cc1)C(=O)O.[Na+]. The van der Waals surface area contributed by atoms with Gasteiger partial charge in [0.2, 0.25) is 0 Å². The normalized spacial score (nSPS) is 12.6. The second-order valence-corrected chi connectivity index (χ2v) is 3.37. The second kappa shape index (κ2) is 7.32. The van der Waals surface area contributed by atoms with Crippen molar-refractivity contribution in [1.29, 1.82) is 0 Å². The van der Waals surface area contributed by atoms with Gasteiger partial charge >= 0.3 is 35.5 Å². The van der Waals surface area contributed by atoms with Gasteiger partial charge in [-0.1, -0.05) is 12.1 Å². The third-order valence-corrected chi connectivity index (χ3v) is 1.99. The number of aliphatic imine (C=N–C) groups is 1. The molecule has 0 saturated heterocycles. The molecule has 1 aromatic rings. The second-order valence-electron chi connectivity index (χ2n) is 3.37. The molecule has 1 rings (SSSR count). The number of phenols is 1. The van der Waals surface area contributed by atoms with Crippen molar-refractivity contribution in [3.05, 3.63) is 29.8 Å². The van der Waals surface area contributed by atoms with E-state index >= 15 is 0 Å². The number of benzene rings is 1. The zero-order valence-electron chi connectivity index (χ0n) is 9.75. The molecule has 86 valence electrons. The fourth-order valence-electron chi connectivity index (χ4n) is 1.26. The molecule has 0 aliphatic rings. The summed E-state index contributed by atoms with van der Waals surface area (Å²) >= 11 is 0. The number of carboxylic acids is 1. The molecule has 1 unspecified atom stereocenters. The van der Waals surface area contributed by atoms with Crippen molar-refractivity contribution < 1.29 is 49.7 Å². The van der Waals surface area contributed by atoms with Gasteiger partial charge in [-0.25, -0.2) is 4.79 Å². The molecule has 0 aliphatic heterocycles. The van der Waals surface area contributed by atoms with Crippen LogP contribution in [0.2, 0.25) is 0 Å². The Balaban J connectivity index is 0.00000256. The van der Waals surface area contributed by atoms with Crippen LogP contribution < -0.4 is 34.7 Å². The van der Waals surface area contributed by atoms with Crippen LogP contribution in [-0.4, -0.2) is 28.1 Å². The van der Waals surface area contributed by atoms with Crippen molar-refractivity contribution in [3.63, 3.8) is 0 Å². The first kappa shape index (κ1) is 16.0. The molecule has 0 bridgehead atoms. The van der Waals surface area contributed by atoms with Crippen LogP contribution in [0.25, 0.3) is 0 Å². The van der Waals surface area contributed by atoms with Crippen LogP contribution in [0.5, 0.6) is 5.75 Å². The molecule has 0 aromatic heterocycles. The number of carbonyl (C=O) groups is 1. The molecule has 17 heavy (non-hydrogen) atoms. The molecule has 2 N–H and O–H groups in total. The van der Waals surface area contributed by atoms with Crippen LogP contribution in [-0.2, 0) is 11.2 Å². The molecule has 0 saturated carbocycles.